The highest BCUT2D eigenvalue weighted by molar-refractivity contribution is 6.31. The molecule has 1 fully saturated rings. The first-order valence-electron chi connectivity index (χ1n) is 10.9. The van der Waals surface area contributed by atoms with E-state index in [0.29, 0.717) is 35.4 Å². The van der Waals surface area contributed by atoms with Crippen LogP contribution in [0.25, 0.3) is 11.1 Å². The number of anilines is 1. The van der Waals surface area contributed by atoms with Crippen LogP contribution < -0.4 is 10.2 Å². The number of amides is 1. The van der Waals surface area contributed by atoms with Crippen LogP contribution in [0.3, 0.4) is 0 Å². The van der Waals surface area contributed by atoms with Crippen molar-refractivity contribution in [3.63, 3.8) is 0 Å². The van der Waals surface area contributed by atoms with Gasteiger partial charge in [0.2, 0.25) is 5.91 Å². The first kappa shape index (κ1) is 22.5. The van der Waals surface area contributed by atoms with Gasteiger partial charge in [-0.25, -0.2) is 9.37 Å². The number of nitrogens with zero attached hydrogens (tertiary/aromatic N) is 4. The zero-order valence-corrected chi connectivity index (χ0v) is 19.2. The Kier molecular flexibility index (Phi) is 6.60. The van der Waals surface area contributed by atoms with Crippen molar-refractivity contribution in [2.75, 3.05) is 18.0 Å². The molecule has 0 spiro atoms. The molecule has 1 amide bonds. The van der Waals surface area contributed by atoms with Gasteiger partial charge in [-0.3, -0.25) is 4.79 Å². The Balaban J connectivity index is 1.46. The highest BCUT2D eigenvalue weighted by Crippen LogP contribution is 2.32. The number of fused-ring (bicyclic) bond motifs is 1. The smallest absolute Gasteiger partial charge is 0.263 e. The van der Waals surface area contributed by atoms with Crippen molar-refractivity contribution in [3.05, 3.63) is 46.1 Å². The third-order valence-electron chi connectivity index (χ3n) is 5.77. The van der Waals surface area contributed by atoms with Gasteiger partial charge in [0, 0.05) is 37.5 Å². The molecule has 3 heterocycles. The lowest BCUT2D eigenvalue weighted by atomic mass is 9.92. The number of halogens is 2. The van der Waals surface area contributed by atoms with Crippen molar-refractivity contribution < 1.29 is 13.7 Å². The van der Waals surface area contributed by atoms with E-state index in [4.69, 9.17) is 21.1 Å². The zero-order chi connectivity index (χ0) is 22.8. The molecule has 1 aliphatic rings. The number of piperidine rings is 1. The van der Waals surface area contributed by atoms with Gasteiger partial charge >= 0.3 is 0 Å². The fraction of sp³-hybridized carbons (Fsp3) is 0.478. The van der Waals surface area contributed by atoms with Crippen molar-refractivity contribution in [2.24, 2.45) is 11.8 Å². The largest absolute Gasteiger partial charge is 0.355 e. The second-order valence-corrected chi connectivity index (χ2v) is 9.18. The van der Waals surface area contributed by atoms with Crippen molar-refractivity contribution in [2.45, 2.75) is 46.6 Å². The van der Waals surface area contributed by atoms with Gasteiger partial charge in [0.05, 0.1) is 5.69 Å². The minimum absolute atomic E-state index is 0.162. The molecule has 0 aliphatic carbocycles. The fourth-order valence-corrected chi connectivity index (χ4v) is 4.59. The van der Waals surface area contributed by atoms with Crippen LogP contribution in [0.2, 0.25) is 5.02 Å². The number of benzene rings is 1. The number of aryl methyl sites for hydroxylation is 2. The molecule has 2 atom stereocenters. The summed E-state index contributed by atoms with van der Waals surface area (Å²) in [5.74, 6) is 1.94. The molecule has 9 heteroatoms. The number of carbonyl (C=O) groups excluding carboxylic acids is 1. The topological polar surface area (TPSA) is 84.1 Å². The van der Waals surface area contributed by atoms with E-state index in [2.05, 4.69) is 34.2 Å². The normalized spacial score (nSPS) is 18.8. The number of aromatic nitrogens is 3. The molecular weight excluding hydrogens is 433 g/mol. The Morgan fingerprint density at radius 3 is 2.75 bits per heavy atom. The quantitative estimate of drug-likeness (QED) is 0.586. The van der Waals surface area contributed by atoms with Gasteiger partial charge in [0.15, 0.2) is 0 Å². The SMILES string of the molecule is Cc1noc2nc(CCC(=O)NCc3ccc(F)cc3Cl)nc(N3C[C@H](C)C[C@@H](C)C3)c12. The fourth-order valence-electron chi connectivity index (χ4n) is 4.36. The Hall–Kier alpha value is -2.74. The number of rotatable bonds is 6. The Bertz CT molecular complexity index is 1130. The summed E-state index contributed by atoms with van der Waals surface area (Å²) in [6.45, 7) is 8.45. The summed E-state index contributed by atoms with van der Waals surface area (Å²) >= 11 is 6.02. The van der Waals surface area contributed by atoms with Gasteiger partial charge in [0.1, 0.15) is 22.8 Å². The Morgan fingerprint density at radius 2 is 2.03 bits per heavy atom. The summed E-state index contributed by atoms with van der Waals surface area (Å²) in [6.07, 6.45) is 1.77. The minimum atomic E-state index is -0.409. The van der Waals surface area contributed by atoms with Crippen LogP contribution in [0, 0.1) is 24.6 Å². The second-order valence-electron chi connectivity index (χ2n) is 8.78. The molecule has 0 radical (unpaired) electrons. The van der Waals surface area contributed by atoms with E-state index in [9.17, 15) is 9.18 Å². The van der Waals surface area contributed by atoms with Gasteiger partial charge < -0.3 is 14.7 Å². The predicted octanol–water partition coefficient (Wildman–Crippen LogP) is 4.45. The summed E-state index contributed by atoms with van der Waals surface area (Å²) in [7, 11) is 0. The summed E-state index contributed by atoms with van der Waals surface area (Å²) < 4.78 is 18.6. The van der Waals surface area contributed by atoms with Gasteiger partial charge in [-0.05, 0) is 42.9 Å². The highest BCUT2D eigenvalue weighted by atomic mass is 35.5. The summed E-state index contributed by atoms with van der Waals surface area (Å²) in [5, 5.41) is 8.02. The molecule has 32 heavy (non-hydrogen) atoms. The minimum Gasteiger partial charge on any atom is -0.355 e. The van der Waals surface area contributed by atoms with Gasteiger partial charge in [-0.2, -0.15) is 4.98 Å². The molecule has 0 bridgehead atoms. The van der Waals surface area contributed by atoms with E-state index in [1.165, 1.54) is 18.6 Å². The monoisotopic (exact) mass is 459 g/mol. The molecular formula is C23H27ClFN5O2. The first-order chi connectivity index (χ1) is 15.3. The molecule has 3 aromatic rings. The molecule has 7 nitrogen and oxygen atoms in total. The van der Waals surface area contributed by atoms with Crippen LogP contribution in [0.4, 0.5) is 10.2 Å². The molecule has 1 aromatic carbocycles. The standard InChI is InChI=1S/C23H27ClFN5O2/c1-13-8-14(2)12-30(11-13)22-21-15(3)29-32-23(21)28-19(27-22)6-7-20(31)26-10-16-4-5-17(25)9-18(16)24/h4-5,9,13-14H,6-8,10-12H2,1-3H3,(H,26,31)/t13-,14-/m1/s1. The van der Waals surface area contributed by atoms with Crippen LogP contribution in [0.15, 0.2) is 22.7 Å². The Labute approximate surface area is 191 Å². The number of carbonyl (C=O) groups is 1. The summed E-state index contributed by atoms with van der Waals surface area (Å²) in [6, 6.07) is 4.11. The molecule has 1 aliphatic heterocycles. The van der Waals surface area contributed by atoms with Crippen molar-refractivity contribution in [1.82, 2.24) is 20.4 Å². The summed E-state index contributed by atoms with van der Waals surface area (Å²) in [4.78, 5) is 24.0. The lowest BCUT2D eigenvalue weighted by molar-refractivity contribution is -0.121. The van der Waals surface area contributed by atoms with Gasteiger partial charge in [0.25, 0.3) is 5.71 Å². The molecule has 0 saturated carbocycles. The van der Waals surface area contributed by atoms with Crippen LogP contribution in [-0.2, 0) is 17.8 Å². The van der Waals surface area contributed by atoms with E-state index in [-0.39, 0.29) is 23.9 Å². The zero-order valence-electron chi connectivity index (χ0n) is 18.5. The van der Waals surface area contributed by atoms with E-state index < -0.39 is 5.82 Å². The number of hydrogen-bond donors (Lipinski definition) is 1. The van der Waals surface area contributed by atoms with E-state index in [0.717, 1.165) is 30.0 Å². The maximum Gasteiger partial charge on any atom is 0.263 e. The summed E-state index contributed by atoms with van der Waals surface area (Å²) in [5.41, 5.74) is 1.88. The van der Waals surface area contributed by atoms with Crippen LogP contribution >= 0.6 is 11.6 Å². The van der Waals surface area contributed by atoms with E-state index in [1.807, 2.05) is 6.92 Å². The molecule has 2 aromatic heterocycles. The molecule has 1 N–H and O–H groups in total. The highest BCUT2D eigenvalue weighted by Gasteiger charge is 2.27. The first-order valence-corrected chi connectivity index (χ1v) is 11.3. The average molecular weight is 460 g/mol. The van der Waals surface area contributed by atoms with Crippen LogP contribution in [0.5, 0.6) is 0 Å². The average Bonchev–Trinajstić information content (AvgIpc) is 3.11. The third-order valence-corrected chi connectivity index (χ3v) is 6.12. The number of nitrogens with one attached hydrogen (secondary N) is 1. The van der Waals surface area contributed by atoms with Gasteiger partial charge in [-0.1, -0.05) is 36.7 Å². The van der Waals surface area contributed by atoms with Crippen LogP contribution in [-0.4, -0.2) is 34.1 Å². The van der Waals surface area contributed by atoms with Gasteiger partial charge in [-0.15, -0.1) is 0 Å². The number of hydrogen-bond acceptors (Lipinski definition) is 6. The predicted molar refractivity (Wildman–Crippen MR) is 121 cm³/mol. The molecule has 1 saturated heterocycles. The van der Waals surface area contributed by atoms with Crippen LogP contribution in [0.1, 0.15) is 43.8 Å². The van der Waals surface area contributed by atoms with E-state index in [1.54, 1.807) is 6.07 Å². The van der Waals surface area contributed by atoms with Crippen molar-refractivity contribution in [3.8, 4) is 0 Å². The molecule has 170 valence electrons. The third kappa shape index (κ3) is 5.01. The van der Waals surface area contributed by atoms with E-state index >= 15 is 0 Å². The van der Waals surface area contributed by atoms with Crippen molar-refractivity contribution in [1.29, 1.82) is 0 Å². The maximum absolute atomic E-state index is 13.2. The lowest BCUT2D eigenvalue weighted by Crippen LogP contribution is -2.39. The maximum atomic E-state index is 13.2. The Morgan fingerprint density at radius 1 is 1.28 bits per heavy atom. The molecule has 4 rings (SSSR count). The molecule has 0 unspecified atom stereocenters. The van der Waals surface area contributed by atoms with Crippen molar-refractivity contribution >= 4 is 34.4 Å². The second kappa shape index (κ2) is 9.40. The lowest BCUT2D eigenvalue weighted by Gasteiger charge is -2.36.